The topological polar surface area (TPSA) is 37.8 Å². The molecule has 0 amide bonds. The smallest absolute Gasteiger partial charge is 0.317 e. The summed E-state index contributed by atoms with van der Waals surface area (Å²) in [6.45, 7) is 1.96. The van der Waals surface area contributed by atoms with Crippen molar-refractivity contribution in [2.24, 2.45) is 0 Å². The highest BCUT2D eigenvalue weighted by Gasteiger charge is 2.30. The summed E-state index contributed by atoms with van der Waals surface area (Å²) in [7, 11) is 1.81. The first-order valence-electron chi connectivity index (χ1n) is 5.90. The molecule has 2 aromatic rings. The molecule has 0 bridgehead atoms. The van der Waals surface area contributed by atoms with E-state index in [4.69, 9.17) is 0 Å². The average molecular weight is 269 g/mol. The van der Waals surface area contributed by atoms with Crippen LogP contribution in [-0.2, 0) is 12.6 Å². The summed E-state index contributed by atoms with van der Waals surface area (Å²) in [5.41, 5.74) is -0.366. The zero-order chi connectivity index (χ0) is 14.0. The highest BCUT2D eigenvalue weighted by Crippen LogP contribution is 2.30. The molecule has 0 aliphatic heterocycles. The molecule has 1 N–H and O–H groups in total. The van der Waals surface area contributed by atoms with Gasteiger partial charge in [-0.05, 0) is 26.1 Å². The number of benzene rings is 1. The summed E-state index contributed by atoms with van der Waals surface area (Å²) in [5, 5.41) is 3.64. The first kappa shape index (κ1) is 13.7. The van der Waals surface area contributed by atoms with Crippen molar-refractivity contribution in [3.63, 3.8) is 0 Å². The molecule has 1 unspecified atom stereocenters. The normalized spacial score (nSPS) is 13.7. The van der Waals surface area contributed by atoms with E-state index in [1.165, 1.54) is 6.07 Å². The Kier molecular flexibility index (Phi) is 3.71. The highest BCUT2D eigenvalue weighted by molar-refractivity contribution is 5.78. The first-order chi connectivity index (χ1) is 8.90. The molecular weight excluding hydrogens is 255 g/mol. The maximum Gasteiger partial charge on any atom is 0.416 e. The molecule has 6 heteroatoms. The van der Waals surface area contributed by atoms with Crippen LogP contribution in [-0.4, -0.2) is 23.1 Å². The quantitative estimate of drug-likeness (QED) is 0.931. The molecule has 3 nitrogen and oxygen atoms in total. The van der Waals surface area contributed by atoms with E-state index < -0.39 is 11.7 Å². The molecule has 1 heterocycles. The summed E-state index contributed by atoms with van der Waals surface area (Å²) < 4.78 is 37.9. The van der Waals surface area contributed by atoms with E-state index in [0.29, 0.717) is 23.1 Å². The largest absolute Gasteiger partial charge is 0.416 e. The van der Waals surface area contributed by atoms with Crippen molar-refractivity contribution in [3.8, 4) is 0 Å². The summed E-state index contributed by atoms with van der Waals surface area (Å²) in [6.07, 6.45) is -2.22. The Bertz CT molecular complexity index is 581. The molecule has 0 spiro atoms. The van der Waals surface area contributed by atoms with Crippen molar-refractivity contribution in [3.05, 3.63) is 35.8 Å². The van der Waals surface area contributed by atoms with Crippen LogP contribution in [0.15, 0.2) is 24.4 Å². The standard InChI is InChI=1S/C13H14F3N3/c1-8(17-2)5-12-18-7-9-3-4-10(13(14,15)16)6-11(9)19-12/h3-4,6-8,17H,5H2,1-2H3. The first-order valence-corrected chi connectivity index (χ1v) is 5.90. The Labute approximate surface area is 108 Å². The van der Waals surface area contributed by atoms with Crippen LogP contribution in [0.25, 0.3) is 10.9 Å². The van der Waals surface area contributed by atoms with E-state index >= 15 is 0 Å². The van der Waals surface area contributed by atoms with Gasteiger partial charge in [0.05, 0.1) is 11.1 Å². The van der Waals surface area contributed by atoms with Gasteiger partial charge >= 0.3 is 6.18 Å². The van der Waals surface area contributed by atoms with Gasteiger partial charge in [0.1, 0.15) is 5.82 Å². The van der Waals surface area contributed by atoms with Gasteiger partial charge < -0.3 is 5.32 Å². The van der Waals surface area contributed by atoms with Gasteiger partial charge in [0, 0.05) is 24.0 Å². The fourth-order valence-electron chi connectivity index (χ4n) is 1.71. The van der Waals surface area contributed by atoms with Gasteiger partial charge in [-0.1, -0.05) is 6.07 Å². The van der Waals surface area contributed by atoms with Gasteiger partial charge in [-0.2, -0.15) is 13.2 Å². The predicted octanol–water partition coefficient (Wildman–Crippen LogP) is 2.80. The minimum atomic E-state index is -4.35. The van der Waals surface area contributed by atoms with Gasteiger partial charge in [-0.15, -0.1) is 0 Å². The number of likely N-dealkylation sites (N-methyl/N-ethyl adjacent to an activating group) is 1. The zero-order valence-electron chi connectivity index (χ0n) is 10.6. The maximum absolute atomic E-state index is 12.6. The van der Waals surface area contributed by atoms with Crippen molar-refractivity contribution in [1.82, 2.24) is 15.3 Å². The van der Waals surface area contributed by atoms with Gasteiger partial charge in [0.2, 0.25) is 0 Å². The minimum Gasteiger partial charge on any atom is -0.317 e. The molecule has 1 aromatic heterocycles. The molecule has 102 valence electrons. The summed E-state index contributed by atoms with van der Waals surface area (Å²) in [6, 6.07) is 3.67. The number of aromatic nitrogens is 2. The lowest BCUT2D eigenvalue weighted by Gasteiger charge is -2.10. The molecular formula is C13H14F3N3. The summed E-state index contributed by atoms with van der Waals surface area (Å²) >= 11 is 0. The number of hydrogen-bond donors (Lipinski definition) is 1. The van der Waals surface area contributed by atoms with Crippen molar-refractivity contribution in [2.75, 3.05) is 7.05 Å². The van der Waals surface area contributed by atoms with Gasteiger partial charge in [-0.25, -0.2) is 9.97 Å². The Morgan fingerprint density at radius 1 is 1.32 bits per heavy atom. The van der Waals surface area contributed by atoms with Crippen LogP contribution in [0.1, 0.15) is 18.3 Å². The van der Waals surface area contributed by atoms with Gasteiger partial charge in [0.15, 0.2) is 0 Å². The van der Waals surface area contributed by atoms with E-state index in [1.807, 2.05) is 14.0 Å². The fourth-order valence-corrected chi connectivity index (χ4v) is 1.71. The third-order valence-corrected chi connectivity index (χ3v) is 2.94. The lowest BCUT2D eigenvalue weighted by atomic mass is 10.1. The second kappa shape index (κ2) is 5.13. The summed E-state index contributed by atoms with van der Waals surface area (Å²) in [5.74, 6) is 0.536. The van der Waals surface area contributed by atoms with Crippen LogP contribution in [0.5, 0.6) is 0 Å². The van der Waals surface area contributed by atoms with Crippen molar-refractivity contribution < 1.29 is 13.2 Å². The number of hydrogen-bond acceptors (Lipinski definition) is 3. The number of nitrogens with zero attached hydrogens (tertiary/aromatic N) is 2. The maximum atomic E-state index is 12.6. The third kappa shape index (κ3) is 3.20. The highest BCUT2D eigenvalue weighted by atomic mass is 19.4. The van der Waals surface area contributed by atoms with Crippen molar-refractivity contribution in [1.29, 1.82) is 0 Å². The molecule has 0 saturated heterocycles. The number of alkyl halides is 3. The lowest BCUT2D eigenvalue weighted by molar-refractivity contribution is -0.137. The number of rotatable bonds is 3. The molecule has 0 aliphatic carbocycles. The van der Waals surface area contributed by atoms with Crippen molar-refractivity contribution in [2.45, 2.75) is 25.6 Å². The van der Waals surface area contributed by atoms with Crippen LogP contribution in [0.2, 0.25) is 0 Å². The van der Waals surface area contributed by atoms with Crippen molar-refractivity contribution >= 4 is 10.9 Å². The Hall–Kier alpha value is -1.69. The Balaban J connectivity index is 2.40. The third-order valence-electron chi connectivity index (χ3n) is 2.94. The van der Waals surface area contributed by atoms with Gasteiger partial charge in [0.25, 0.3) is 0 Å². The molecule has 1 aromatic carbocycles. The monoisotopic (exact) mass is 269 g/mol. The van der Waals surface area contributed by atoms with E-state index in [2.05, 4.69) is 15.3 Å². The molecule has 0 aliphatic rings. The lowest BCUT2D eigenvalue weighted by Crippen LogP contribution is -2.24. The van der Waals surface area contributed by atoms with Crippen LogP contribution in [0.3, 0.4) is 0 Å². The second-order valence-corrected chi connectivity index (χ2v) is 4.45. The van der Waals surface area contributed by atoms with Crippen LogP contribution >= 0.6 is 0 Å². The zero-order valence-corrected chi connectivity index (χ0v) is 10.6. The number of fused-ring (bicyclic) bond motifs is 1. The molecule has 1 atom stereocenters. The predicted molar refractivity (Wildman–Crippen MR) is 66.8 cm³/mol. The summed E-state index contributed by atoms with van der Waals surface area (Å²) in [4.78, 5) is 8.34. The van der Waals surface area contributed by atoms with Gasteiger partial charge in [-0.3, -0.25) is 0 Å². The van der Waals surface area contributed by atoms with E-state index in [9.17, 15) is 13.2 Å². The SMILES string of the molecule is CNC(C)Cc1ncc2ccc(C(F)(F)F)cc2n1. The fraction of sp³-hybridized carbons (Fsp3) is 0.385. The number of nitrogens with one attached hydrogen (secondary N) is 1. The van der Waals surface area contributed by atoms with Crippen LogP contribution < -0.4 is 5.32 Å². The minimum absolute atomic E-state index is 0.170. The van der Waals surface area contributed by atoms with E-state index in [0.717, 1.165) is 12.1 Å². The molecule has 2 rings (SSSR count). The molecule has 0 fully saturated rings. The van der Waals surface area contributed by atoms with E-state index in [-0.39, 0.29) is 6.04 Å². The molecule has 0 radical (unpaired) electrons. The Morgan fingerprint density at radius 2 is 2.05 bits per heavy atom. The molecule has 0 saturated carbocycles. The average Bonchev–Trinajstić information content (AvgIpc) is 2.36. The Morgan fingerprint density at radius 3 is 2.68 bits per heavy atom. The van der Waals surface area contributed by atoms with E-state index in [1.54, 1.807) is 6.20 Å². The van der Waals surface area contributed by atoms with Crippen LogP contribution in [0.4, 0.5) is 13.2 Å². The second-order valence-electron chi connectivity index (χ2n) is 4.45. The number of halogens is 3. The molecule has 19 heavy (non-hydrogen) atoms. The van der Waals surface area contributed by atoms with Crippen LogP contribution in [0, 0.1) is 0 Å².